The summed E-state index contributed by atoms with van der Waals surface area (Å²) in [5, 5.41) is 20.9. The highest BCUT2D eigenvalue weighted by Crippen LogP contribution is 2.26. The molecule has 1 aromatic rings. The van der Waals surface area contributed by atoms with E-state index in [9.17, 15) is 14.7 Å². The SMILES string of the molecule is COc1ccc(CC(CCC(=O)O)NC=O)cc1O. The minimum absolute atomic E-state index is 0.0167. The third kappa shape index (κ3) is 4.87. The van der Waals surface area contributed by atoms with E-state index in [2.05, 4.69) is 5.32 Å². The molecule has 19 heavy (non-hydrogen) atoms. The Labute approximate surface area is 111 Å². The number of benzene rings is 1. The summed E-state index contributed by atoms with van der Waals surface area (Å²) in [5.41, 5.74) is 0.794. The second kappa shape index (κ2) is 7.25. The average molecular weight is 267 g/mol. The van der Waals surface area contributed by atoms with Crippen molar-refractivity contribution in [2.24, 2.45) is 0 Å². The Morgan fingerprint density at radius 2 is 2.26 bits per heavy atom. The lowest BCUT2D eigenvalue weighted by atomic mass is 10.0. The standard InChI is InChI=1S/C13H17NO5/c1-19-12-4-2-9(7-11(12)16)6-10(14-8-15)3-5-13(17)18/h2,4,7-8,10,16H,3,5-6H2,1H3,(H,14,15)(H,17,18). The van der Waals surface area contributed by atoms with Gasteiger partial charge in [0.15, 0.2) is 11.5 Å². The van der Waals surface area contributed by atoms with E-state index < -0.39 is 5.97 Å². The summed E-state index contributed by atoms with van der Waals surface area (Å²) in [6.45, 7) is 0. The fourth-order valence-corrected chi connectivity index (χ4v) is 1.79. The first-order valence-corrected chi connectivity index (χ1v) is 5.84. The number of carboxylic acids is 1. The fourth-order valence-electron chi connectivity index (χ4n) is 1.79. The summed E-state index contributed by atoms with van der Waals surface area (Å²) in [4.78, 5) is 21.0. The summed E-state index contributed by atoms with van der Waals surface area (Å²) >= 11 is 0. The van der Waals surface area contributed by atoms with Crippen molar-refractivity contribution < 1.29 is 24.5 Å². The predicted molar refractivity (Wildman–Crippen MR) is 68.2 cm³/mol. The molecule has 1 rings (SSSR count). The van der Waals surface area contributed by atoms with Crippen LogP contribution in [0.4, 0.5) is 0 Å². The maximum absolute atomic E-state index is 10.5. The van der Waals surface area contributed by atoms with Gasteiger partial charge >= 0.3 is 5.97 Å². The van der Waals surface area contributed by atoms with Crippen LogP contribution in [0, 0.1) is 0 Å². The van der Waals surface area contributed by atoms with Crippen molar-refractivity contribution in [2.45, 2.75) is 25.3 Å². The molecule has 6 heteroatoms. The number of carboxylic acid groups (broad SMARTS) is 1. The van der Waals surface area contributed by atoms with Crippen LogP contribution in [0.5, 0.6) is 11.5 Å². The molecule has 0 fully saturated rings. The number of amides is 1. The normalized spacial score (nSPS) is 11.6. The molecule has 0 aromatic heterocycles. The van der Waals surface area contributed by atoms with Crippen LogP contribution in [0.25, 0.3) is 0 Å². The van der Waals surface area contributed by atoms with Crippen molar-refractivity contribution in [1.82, 2.24) is 5.32 Å². The van der Waals surface area contributed by atoms with Gasteiger partial charge in [0.1, 0.15) is 0 Å². The molecule has 0 heterocycles. The van der Waals surface area contributed by atoms with Gasteiger partial charge in [-0.1, -0.05) is 6.07 Å². The van der Waals surface area contributed by atoms with Crippen LogP contribution in [-0.2, 0) is 16.0 Å². The average Bonchev–Trinajstić information content (AvgIpc) is 2.36. The number of phenols is 1. The van der Waals surface area contributed by atoms with Crippen LogP contribution in [-0.4, -0.2) is 35.7 Å². The summed E-state index contributed by atoms with van der Waals surface area (Å²) in [5.74, 6) is -0.521. The molecule has 0 bridgehead atoms. The Hall–Kier alpha value is -2.24. The summed E-state index contributed by atoms with van der Waals surface area (Å²) in [6.07, 6.45) is 1.31. The first kappa shape index (κ1) is 14.8. The second-order valence-corrected chi connectivity index (χ2v) is 4.12. The zero-order valence-corrected chi connectivity index (χ0v) is 10.6. The van der Waals surface area contributed by atoms with E-state index in [1.165, 1.54) is 7.11 Å². The molecule has 0 aliphatic carbocycles. The molecule has 6 nitrogen and oxygen atoms in total. The van der Waals surface area contributed by atoms with E-state index in [0.717, 1.165) is 5.56 Å². The molecular weight excluding hydrogens is 250 g/mol. The molecule has 0 radical (unpaired) electrons. The highest BCUT2D eigenvalue weighted by Gasteiger charge is 2.12. The first-order valence-electron chi connectivity index (χ1n) is 5.84. The van der Waals surface area contributed by atoms with Crippen LogP contribution >= 0.6 is 0 Å². The van der Waals surface area contributed by atoms with Crippen LogP contribution in [0.1, 0.15) is 18.4 Å². The predicted octanol–water partition coefficient (Wildman–Crippen LogP) is 0.923. The number of methoxy groups -OCH3 is 1. The zero-order valence-electron chi connectivity index (χ0n) is 10.6. The van der Waals surface area contributed by atoms with E-state index in [4.69, 9.17) is 9.84 Å². The van der Waals surface area contributed by atoms with Gasteiger partial charge in [0.05, 0.1) is 7.11 Å². The Kier molecular flexibility index (Phi) is 5.66. The lowest BCUT2D eigenvalue weighted by Crippen LogP contribution is -2.30. The summed E-state index contributed by atoms with van der Waals surface area (Å²) in [7, 11) is 1.46. The van der Waals surface area contributed by atoms with Gasteiger partial charge in [-0.25, -0.2) is 0 Å². The van der Waals surface area contributed by atoms with Crippen molar-refractivity contribution in [1.29, 1.82) is 0 Å². The van der Waals surface area contributed by atoms with Crippen molar-refractivity contribution in [3.8, 4) is 11.5 Å². The van der Waals surface area contributed by atoms with Gasteiger partial charge in [-0.05, 0) is 30.5 Å². The number of nitrogens with one attached hydrogen (secondary N) is 1. The molecule has 1 unspecified atom stereocenters. The summed E-state index contributed by atoms with van der Waals surface area (Å²) < 4.78 is 4.93. The van der Waals surface area contributed by atoms with Crippen molar-refractivity contribution >= 4 is 12.4 Å². The molecule has 1 aromatic carbocycles. The number of hydrogen-bond donors (Lipinski definition) is 3. The zero-order chi connectivity index (χ0) is 14.3. The first-order chi connectivity index (χ1) is 9.06. The number of hydrogen-bond acceptors (Lipinski definition) is 4. The minimum Gasteiger partial charge on any atom is -0.504 e. The molecule has 3 N–H and O–H groups in total. The smallest absolute Gasteiger partial charge is 0.303 e. The second-order valence-electron chi connectivity index (χ2n) is 4.12. The molecule has 1 amide bonds. The number of carbonyl (C=O) groups is 2. The number of ether oxygens (including phenoxy) is 1. The van der Waals surface area contributed by atoms with Gasteiger partial charge in [0.25, 0.3) is 0 Å². The Morgan fingerprint density at radius 1 is 1.53 bits per heavy atom. The van der Waals surface area contributed by atoms with E-state index in [-0.39, 0.29) is 18.2 Å². The maximum Gasteiger partial charge on any atom is 0.303 e. The molecular formula is C13H17NO5. The summed E-state index contributed by atoms with van der Waals surface area (Å²) in [6, 6.07) is 4.65. The molecule has 0 spiro atoms. The van der Waals surface area contributed by atoms with Crippen LogP contribution in [0.3, 0.4) is 0 Å². The number of aliphatic carboxylic acids is 1. The highest BCUT2D eigenvalue weighted by atomic mass is 16.5. The molecule has 0 aliphatic heterocycles. The molecule has 1 atom stereocenters. The van der Waals surface area contributed by atoms with Gasteiger partial charge in [-0.3, -0.25) is 9.59 Å². The fraction of sp³-hybridized carbons (Fsp3) is 0.385. The van der Waals surface area contributed by atoms with Gasteiger partial charge in [0, 0.05) is 12.5 Å². The Balaban J connectivity index is 2.69. The number of carbonyl (C=O) groups excluding carboxylic acids is 1. The largest absolute Gasteiger partial charge is 0.504 e. The van der Waals surface area contributed by atoms with Crippen LogP contribution in [0.15, 0.2) is 18.2 Å². The van der Waals surface area contributed by atoms with E-state index in [0.29, 0.717) is 25.0 Å². The quantitative estimate of drug-likeness (QED) is 0.609. The Bertz CT molecular complexity index is 447. The lowest BCUT2D eigenvalue weighted by molar-refractivity contribution is -0.137. The van der Waals surface area contributed by atoms with Crippen molar-refractivity contribution in [3.63, 3.8) is 0 Å². The maximum atomic E-state index is 10.5. The van der Waals surface area contributed by atoms with Gasteiger partial charge < -0.3 is 20.3 Å². The molecule has 104 valence electrons. The topological polar surface area (TPSA) is 95.9 Å². The van der Waals surface area contributed by atoms with E-state index in [1.54, 1.807) is 18.2 Å². The van der Waals surface area contributed by atoms with Crippen molar-refractivity contribution in [3.05, 3.63) is 23.8 Å². The number of phenolic OH excluding ortho intramolecular Hbond substituents is 1. The number of rotatable bonds is 8. The highest BCUT2D eigenvalue weighted by molar-refractivity contribution is 5.66. The molecule has 0 aliphatic rings. The van der Waals surface area contributed by atoms with Crippen LogP contribution in [0.2, 0.25) is 0 Å². The Morgan fingerprint density at radius 3 is 2.79 bits per heavy atom. The van der Waals surface area contributed by atoms with Gasteiger partial charge in [-0.2, -0.15) is 0 Å². The molecule has 0 saturated heterocycles. The van der Waals surface area contributed by atoms with Crippen molar-refractivity contribution in [2.75, 3.05) is 7.11 Å². The third-order valence-corrected chi connectivity index (χ3v) is 2.74. The van der Waals surface area contributed by atoms with Crippen LogP contribution < -0.4 is 10.1 Å². The van der Waals surface area contributed by atoms with E-state index >= 15 is 0 Å². The van der Waals surface area contributed by atoms with Gasteiger partial charge in [0.2, 0.25) is 6.41 Å². The number of aromatic hydroxyl groups is 1. The van der Waals surface area contributed by atoms with Gasteiger partial charge in [-0.15, -0.1) is 0 Å². The van der Waals surface area contributed by atoms with E-state index in [1.807, 2.05) is 0 Å². The minimum atomic E-state index is -0.907. The monoisotopic (exact) mass is 267 g/mol. The molecule has 0 saturated carbocycles. The third-order valence-electron chi connectivity index (χ3n) is 2.74. The lowest BCUT2D eigenvalue weighted by Gasteiger charge is -2.15.